The largest absolute Gasteiger partial charge is 0.314 e. The monoisotopic (exact) mass is 564 g/mol. The van der Waals surface area contributed by atoms with Crippen LogP contribution in [0.5, 0.6) is 0 Å². The average Bonchev–Trinajstić information content (AvgIpc) is 2.84. The van der Waals surface area contributed by atoms with Crippen molar-refractivity contribution in [3.05, 3.63) is 91.0 Å². The van der Waals surface area contributed by atoms with E-state index in [1.807, 2.05) is 0 Å². The first kappa shape index (κ1) is 32.0. The Bertz CT molecular complexity index is 1000. The van der Waals surface area contributed by atoms with E-state index in [1.165, 1.54) is 24.3 Å². The number of nitrogens with zero attached hydrogens (tertiary/aromatic N) is 2. The van der Waals surface area contributed by atoms with Gasteiger partial charge in [-0.3, -0.25) is 20.2 Å². The van der Waals surface area contributed by atoms with Crippen molar-refractivity contribution in [2.24, 2.45) is 0 Å². The van der Waals surface area contributed by atoms with Gasteiger partial charge in [0.2, 0.25) is 24.8 Å². The number of rotatable bonds is 16. The van der Waals surface area contributed by atoms with Gasteiger partial charge in [-0.2, -0.15) is 0 Å². The smallest absolute Gasteiger partial charge is 0.279 e. The second-order valence-corrected chi connectivity index (χ2v) is 9.54. The molecule has 0 aromatic heterocycles. The highest BCUT2D eigenvalue weighted by Gasteiger charge is 2.41. The van der Waals surface area contributed by atoms with Crippen molar-refractivity contribution in [3.63, 3.8) is 0 Å². The zero-order chi connectivity index (χ0) is 29.4. The van der Waals surface area contributed by atoms with Crippen LogP contribution in [-0.4, -0.2) is 34.6 Å². The highest BCUT2D eigenvalue weighted by Crippen LogP contribution is 2.36. The molecule has 0 aliphatic carbocycles. The molecule has 2 aromatic carbocycles. The summed E-state index contributed by atoms with van der Waals surface area (Å²) in [4.78, 5) is 20.6. The number of hydrogen-bond donors (Lipinski definition) is 0. The van der Waals surface area contributed by atoms with Crippen molar-refractivity contribution in [1.29, 1.82) is 0 Å². The lowest BCUT2D eigenvalue weighted by atomic mass is 9.97. The molecule has 0 N–H and O–H groups in total. The Labute approximate surface area is 221 Å². The molecule has 4 unspecified atom stereocenters. The van der Waals surface area contributed by atoms with Crippen LogP contribution in [-0.2, 0) is 16.6 Å². The second kappa shape index (κ2) is 13.7. The molecule has 0 saturated carbocycles. The van der Waals surface area contributed by atoms with Gasteiger partial charge in [0.25, 0.3) is 11.8 Å². The zero-order valence-electron chi connectivity index (χ0n) is 21.4. The van der Waals surface area contributed by atoms with Crippen molar-refractivity contribution in [3.8, 4) is 0 Å². The van der Waals surface area contributed by atoms with Crippen molar-refractivity contribution in [2.45, 2.75) is 89.0 Å². The van der Waals surface area contributed by atoms with Gasteiger partial charge in [-0.1, -0.05) is 59.7 Å². The topological polar surface area (TPSA) is 95.5 Å². The zero-order valence-corrected chi connectivity index (χ0v) is 21.4. The maximum atomic E-state index is 14.5. The average molecular weight is 565 g/mol. The summed E-state index contributed by atoms with van der Waals surface area (Å²) < 4.78 is 90.8. The number of nitro groups is 2. The molecule has 39 heavy (non-hydrogen) atoms. The highest BCUT2D eigenvalue weighted by atomic mass is 19.3. The van der Waals surface area contributed by atoms with Crippen molar-refractivity contribution in [1.82, 2.24) is 0 Å². The van der Waals surface area contributed by atoms with E-state index in [9.17, 15) is 46.6 Å². The molecule has 7 nitrogen and oxygen atoms in total. The molecule has 0 saturated heterocycles. The minimum atomic E-state index is -3.57. The summed E-state index contributed by atoms with van der Waals surface area (Å²) in [5.74, 6) is -7.14. The first-order valence-electron chi connectivity index (χ1n) is 12.2. The summed E-state index contributed by atoms with van der Waals surface area (Å²) in [5.41, 5.74) is 0.543. The van der Waals surface area contributed by atoms with Gasteiger partial charge in [-0.15, -0.1) is 0 Å². The quantitative estimate of drug-likeness (QED) is 0.120. The summed E-state index contributed by atoms with van der Waals surface area (Å²) in [7, 11) is 0. The van der Waals surface area contributed by atoms with Crippen LogP contribution in [0.4, 0.5) is 26.3 Å². The Balaban J connectivity index is 1.88. The van der Waals surface area contributed by atoms with E-state index < -0.39 is 96.1 Å². The van der Waals surface area contributed by atoms with Crippen molar-refractivity contribution >= 4 is 0 Å². The first-order chi connectivity index (χ1) is 18.1. The van der Waals surface area contributed by atoms with Gasteiger partial charge in [0.1, 0.15) is 0 Å². The number of benzene rings is 2. The Hall–Kier alpha value is -3.22. The molecule has 0 radical (unpaired) electrons. The van der Waals surface area contributed by atoms with E-state index >= 15 is 0 Å². The molecular formula is C26H30F6N2O5. The maximum absolute atomic E-state index is 14.5. The number of alkyl halides is 6. The van der Waals surface area contributed by atoms with Crippen LogP contribution in [0.3, 0.4) is 0 Å². The third-order valence-electron chi connectivity index (χ3n) is 6.28. The normalized spacial score (nSPS) is 15.4. The molecule has 0 fully saturated rings. The van der Waals surface area contributed by atoms with Gasteiger partial charge in [0.15, 0.2) is 0 Å². The Morgan fingerprint density at radius 3 is 1.26 bits per heavy atom. The van der Waals surface area contributed by atoms with Gasteiger partial charge >= 0.3 is 0 Å². The van der Waals surface area contributed by atoms with E-state index in [4.69, 9.17) is 0 Å². The minimum absolute atomic E-state index is 0.440. The Morgan fingerprint density at radius 2 is 0.974 bits per heavy atom. The molecule has 0 heterocycles. The highest BCUT2D eigenvalue weighted by molar-refractivity contribution is 5.26. The number of hydrogen-bond acceptors (Lipinski definition) is 5. The maximum Gasteiger partial charge on any atom is 0.279 e. The van der Waals surface area contributed by atoms with Gasteiger partial charge in [0, 0.05) is 46.7 Å². The fourth-order valence-corrected chi connectivity index (χ4v) is 3.93. The molecule has 2 rings (SSSR count). The molecule has 0 aliphatic rings. The van der Waals surface area contributed by atoms with Crippen molar-refractivity contribution < 1.29 is 40.9 Å². The van der Waals surface area contributed by atoms with Crippen LogP contribution < -0.4 is 0 Å². The van der Waals surface area contributed by atoms with E-state index in [-0.39, 0.29) is 0 Å². The van der Waals surface area contributed by atoms with E-state index in [0.29, 0.717) is 11.1 Å². The van der Waals surface area contributed by atoms with Crippen LogP contribution in [0.25, 0.3) is 0 Å². The van der Waals surface area contributed by atoms with E-state index in [1.54, 1.807) is 13.8 Å². The first-order valence-corrected chi connectivity index (χ1v) is 12.2. The molecule has 0 aliphatic heterocycles. The van der Waals surface area contributed by atoms with Gasteiger partial charge in [-0.05, 0) is 13.8 Å². The summed E-state index contributed by atoms with van der Waals surface area (Å²) in [6.45, 7) is 3.36. The standard InChI is InChI=1S/C26H30F6N2O5/c1-17-3-7-19(8-4-17)25(29,30)15-21(33(35)36)11-13-23(27)39-24(28)14-12-22(34(37)38)16-26(31,32)20-9-5-18(2)6-10-20/h3-10,21-24H,11-16H2,1-2H3. The SMILES string of the molecule is Cc1ccc(C(F)(F)CC(CCC(F)OC(F)CCC(CC(F)(F)c2ccc(C)cc2)[N+](=O)[O-])[N+](=O)[O-])cc1. The molecule has 0 bridgehead atoms. The Kier molecular flexibility index (Phi) is 11.3. The molecule has 216 valence electrons. The van der Waals surface area contributed by atoms with Crippen LogP contribution in [0, 0.1) is 34.1 Å². The summed E-state index contributed by atoms with van der Waals surface area (Å²) in [6, 6.07) is 6.51. The molecular weight excluding hydrogens is 534 g/mol. The lowest BCUT2D eigenvalue weighted by Gasteiger charge is -2.21. The summed E-state index contributed by atoms with van der Waals surface area (Å²) >= 11 is 0. The molecule has 0 amide bonds. The number of aryl methyl sites for hydroxylation is 2. The Morgan fingerprint density at radius 1 is 0.667 bits per heavy atom. The molecule has 13 heteroatoms. The third-order valence-corrected chi connectivity index (χ3v) is 6.28. The number of halogens is 6. The lowest BCUT2D eigenvalue weighted by Crippen LogP contribution is -2.30. The minimum Gasteiger partial charge on any atom is -0.314 e. The summed E-state index contributed by atoms with van der Waals surface area (Å²) in [5, 5.41) is 22.6. The van der Waals surface area contributed by atoms with E-state index in [2.05, 4.69) is 4.74 Å². The predicted octanol–water partition coefficient (Wildman–Crippen LogP) is 7.43. The van der Waals surface area contributed by atoms with Gasteiger partial charge in [0.05, 0.1) is 12.8 Å². The van der Waals surface area contributed by atoms with Crippen LogP contribution in [0.1, 0.15) is 60.8 Å². The van der Waals surface area contributed by atoms with Gasteiger partial charge < -0.3 is 4.74 Å². The second-order valence-electron chi connectivity index (χ2n) is 9.54. The molecule has 2 aromatic rings. The molecule has 0 spiro atoms. The fourth-order valence-electron chi connectivity index (χ4n) is 3.93. The van der Waals surface area contributed by atoms with Crippen LogP contribution in [0.2, 0.25) is 0 Å². The van der Waals surface area contributed by atoms with Crippen molar-refractivity contribution in [2.75, 3.05) is 0 Å². The number of ether oxygens (including phenoxy) is 1. The lowest BCUT2D eigenvalue weighted by molar-refractivity contribution is -0.530. The molecule has 4 atom stereocenters. The summed E-state index contributed by atoms with van der Waals surface area (Å²) in [6.07, 6.45) is -10.3. The van der Waals surface area contributed by atoms with Crippen LogP contribution >= 0.6 is 0 Å². The fraction of sp³-hybridized carbons (Fsp3) is 0.538. The van der Waals surface area contributed by atoms with E-state index in [0.717, 1.165) is 24.3 Å². The third kappa shape index (κ3) is 10.1. The predicted molar refractivity (Wildman–Crippen MR) is 130 cm³/mol. The van der Waals surface area contributed by atoms with Crippen LogP contribution in [0.15, 0.2) is 48.5 Å². The van der Waals surface area contributed by atoms with Gasteiger partial charge in [-0.25, -0.2) is 26.3 Å².